The van der Waals surface area contributed by atoms with Gasteiger partial charge < -0.3 is 14.6 Å². The molecular formula is C32H31F3N2O7. The Bertz CT molecular complexity index is 1510. The number of carboxylic acid groups (broad SMARTS) is 1. The van der Waals surface area contributed by atoms with Crippen LogP contribution in [0.1, 0.15) is 24.1 Å². The molecule has 5 rings (SSSR count). The molecule has 44 heavy (non-hydrogen) atoms. The second-order valence-corrected chi connectivity index (χ2v) is 10.3. The fraction of sp³-hybridized carbons (Fsp3) is 0.312. The molecule has 12 heteroatoms. The molecule has 0 spiro atoms. The van der Waals surface area contributed by atoms with Gasteiger partial charge in [-0.3, -0.25) is 24.6 Å². The van der Waals surface area contributed by atoms with Gasteiger partial charge in [0.1, 0.15) is 11.3 Å². The van der Waals surface area contributed by atoms with Gasteiger partial charge in [-0.15, -0.1) is 0 Å². The zero-order valence-electron chi connectivity index (χ0n) is 24.1. The zero-order valence-corrected chi connectivity index (χ0v) is 24.1. The van der Waals surface area contributed by atoms with E-state index in [0.29, 0.717) is 0 Å². The van der Waals surface area contributed by atoms with Crippen molar-refractivity contribution in [3.8, 4) is 16.9 Å². The molecule has 2 aliphatic heterocycles. The number of carbonyl (C=O) groups excluding carboxylic acids is 3. The maximum Gasteiger partial charge on any atom is 0.490 e. The summed E-state index contributed by atoms with van der Waals surface area (Å²) in [7, 11) is 2.95. The van der Waals surface area contributed by atoms with Gasteiger partial charge in [0, 0.05) is 19.0 Å². The number of carbonyl (C=O) groups is 4. The van der Waals surface area contributed by atoms with Crippen molar-refractivity contribution in [3.05, 3.63) is 90.0 Å². The van der Waals surface area contributed by atoms with Crippen LogP contribution in [0.5, 0.6) is 5.75 Å². The maximum absolute atomic E-state index is 13.6. The van der Waals surface area contributed by atoms with Crippen molar-refractivity contribution in [2.75, 3.05) is 20.8 Å². The summed E-state index contributed by atoms with van der Waals surface area (Å²) < 4.78 is 42.2. The van der Waals surface area contributed by atoms with Crippen molar-refractivity contribution < 1.29 is 46.9 Å². The van der Waals surface area contributed by atoms with Gasteiger partial charge in [-0.05, 0) is 41.3 Å². The predicted molar refractivity (Wildman–Crippen MR) is 152 cm³/mol. The number of hydrogen-bond acceptors (Lipinski definition) is 7. The number of imide groups is 1. The number of aliphatic carboxylic acids is 1. The Morgan fingerprint density at radius 3 is 1.93 bits per heavy atom. The fourth-order valence-electron chi connectivity index (χ4n) is 5.85. The summed E-state index contributed by atoms with van der Waals surface area (Å²) in [5.74, 6) is -4.67. The van der Waals surface area contributed by atoms with Crippen LogP contribution in [0.25, 0.3) is 11.1 Å². The lowest BCUT2D eigenvalue weighted by Crippen LogP contribution is -2.57. The molecule has 4 atom stereocenters. The summed E-state index contributed by atoms with van der Waals surface area (Å²) in [5.41, 5.74) is 2.39. The van der Waals surface area contributed by atoms with E-state index in [9.17, 15) is 27.6 Å². The number of nitrogens with zero attached hydrogens (tertiary/aromatic N) is 1. The van der Waals surface area contributed by atoms with E-state index in [0.717, 1.165) is 28.0 Å². The highest BCUT2D eigenvalue weighted by molar-refractivity contribution is 6.09. The molecule has 3 aromatic rings. The first-order valence-corrected chi connectivity index (χ1v) is 13.7. The lowest BCUT2D eigenvalue weighted by Gasteiger charge is -2.32. The first-order chi connectivity index (χ1) is 20.9. The normalized spacial score (nSPS) is 22.6. The summed E-state index contributed by atoms with van der Waals surface area (Å²) in [6.45, 7) is 2.04. The Labute approximate surface area is 251 Å². The molecule has 2 fully saturated rings. The highest BCUT2D eigenvalue weighted by atomic mass is 19.4. The quantitative estimate of drug-likeness (QED) is 0.297. The molecule has 0 aromatic heterocycles. The number of ether oxygens (including phenoxy) is 2. The lowest BCUT2D eigenvalue weighted by molar-refractivity contribution is -0.192. The van der Waals surface area contributed by atoms with Crippen molar-refractivity contribution in [1.29, 1.82) is 0 Å². The van der Waals surface area contributed by atoms with Gasteiger partial charge in [-0.2, -0.15) is 13.2 Å². The number of likely N-dealkylation sites (tertiary alicyclic amines) is 1. The van der Waals surface area contributed by atoms with Gasteiger partial charge in [0.05, 0.1) is 26.1 Å². The number of halogens is 3. The largest absolute Gasteiger partial charge is 0.497 e. The van der Waals surface area contributed by atoms with Crippen molar-refractivity contribution in [2.45, 2.75) is 31.1 Å². The molecule has 232 valence electrons. The number of benzene rings is 3. The Morgan fingerprint density at radius 2 is 1.45 bits per heavy atom. The number of nitrogens with one attached hydrogen (secondary N) is 1. The highest BCUT2D eigenvalue weighted by Gasteiger charge is 2.68. The van der Waals surface area contributed by atoms with E-state index in [2.05, 4.69) is 5.32 Å². The molecular weight excluding hydrogens is 581 g/mol. The number of amides is 2. The molecule has 2 amide bonds. The van der Waals surface area contributed by atoms with E-state index in [4.69, 9.17) is 19.4 Å². The minimum absolute atomic E-state index is 0.235. The van der Waals surface area contributed by atoms with Gasteiger partial charge in [0.15, 0.2) is 0 Å². The molecule has 2 N–H and O–H groups in total. The Kier molecular flexibility index (Phi) is 9.43. The summed E-state index contributed by atoms with van der Waals surface area (Å²) in [6.07, 6.45) is -4.85. The molecule has 9 nitrogen and oxygen atoms in total. The van der Waals surface area contributed by atoms with Crippen LogP contribution in [0, 0.1) is 11.8 Å². The number of fused-ring (bicyclic) bond motifs is 1. The number of esters is 1. The average molecular weight is 613 g/mol. The molecule has 3 unspecified atom stereocenters. The first kappa shape index (κ1) is 32.2. The van der Waals surface area contributed by atoms with Crippen LogP contribution >= 0.6 is 0 Å². The SMILES string of the molecule is CCN1C(=O)C2C(c3ccc(-c4ccc(OC)cc4)cc3)N[C@@](Cc3ccccc3)(C(=O)OC)C2C1=O.O=C(O)C(F)(F)F. The summed E-state index contributed by atoms with van der Waals surface area (Å²) in [6, 6.07) is 24.7. The third-order valence-electron chi connectivity index (χ3n) is 7.87. The minimum atomic E-state index is -5.08. The molecule has 2 saturated heterocycles. The highest BCUT2D eigenvalue weighted by Crippen LogP contribution is 2.50. The molecule has 0 aliphatic carbocycles. The van der Waals surface area contributed by atoms with Gasteiger partial charge in [-0.25, -0.2) is 4.79 Å². The Hall–Kier alpha value is -4.71. The van der Waals surface area contributed by atoms with Crippen molar-refractivity contribution >= 4 is 23.8 Å². The number of methoxy groups -OCH3 is 2. The number of carboxylic acids is 1. The molecule has 0 saturated carbocycles. The van der Waals surface area contributed by atoms with Crippen LogP contribution in [0.3, 0.4) is 0 Å². The van der Waals surface area contributed by atoms with Crippen LogP contribution in [0.4, 0.5) is 13.2 Å². The van der Waals surface area contributed by atoms with E-state index < -0.39 is 41.5 Å². The summed E-state index contributed by atoms with van der Waals surface area (Å²) in [5, 5.41) is 10.6. The summed E-state index contributed by atoms with van der Waals surface area (Å²) >= 11 is 0. The predicted octanol–water partition coefficient (Wildman–Crippen LogP) is 4.42. The van der Waals surface area contributed by atoms with Crippen LogP contribution in [-0.4, -0.2) is 66.2 Å². The molecule has 0 radical (unpaired) electrons. The second-order valence-electron chi connectivity index (χ2n) is 10.3. The average Bonchev–Trinajstić information content (AvgIpc) is 3.49. The number of alkyl halides is 3. The van der Waals surface area contributed by atoms with Crippen LogP contribution < -0.4 is 10.1 Å². The summed E-state index contributed by atoms with van der Waals surface area (Å²) in [4.78, 5) is 50.7. The fourth-order valence-corrected chi connectivity index (χ4v) is 5.85. The van der Waals surface area contributed by atoms with Crippen molar-refractivity contribution in [3.63, 3.8) is 0 Å². The zero-order chi connectivity index (χ0) is 32.2. The first-order valence-electron chi connectivity index (χ1n) is 13.7. The van der Waals surface area contributed by atoms with E-state index >= 15 is 0 Å². The van der Waals surface area contributed by atoms with E-state index in [1.165, 1.54) is 12.0 Å². The maximum atomic E-state index is 13.6. The standard InChI is InChI=1S/C30H30N2O5.C2HF3O2/c1-4-32-27(33)24-25(28(32)34)30(29(35)37-3,18-19-8-6-5-7-9-19)31-26(24)22-12-10-20(11-13-22)21-14-16-23(36-2)17-15-21;3-2(4,5)1(6)7/h5-17,24-26,31H,4,18H2,1-3H3;(H,6,7)/t24?,25?,26?,30-;/m1./s1. The molecule has 2 heterocycles. The van der Waals surface area contributed by atoms with Crippen molar-refractivity contribution in [1.82, 2.24) is 10.2 Å². The van der Waals surface area contributed by atoms with Crippen LogP contribution in [0.15, 0.2) is 78.9 Å². The van der Waals surface area contributed by atoms with Crippen molar-refractivity contribution in [2.24, 2.45) is 11.8 Å². The second kappa shape index (κ2) is 12.9. The Balaban J connectivity index is 0.000000566. The third-order valence-corrected chi connectivity index (χ3v) is 7.87. The topological polar surface area (TPSA) is 122 Å². The number of hydrogen-bond donors (Lipinski definition) is 2. The third kappa shape index (κ3) is 6.16. The van der Waals surface area contributed by atoms with E-state index in [-0.39, 0.29) is 24.8 Å². The lowest BCUT2D eigenvalue weighted by atomic mass is 9.76. The smallest absolute Gasteiger partial charge is 0.490 e. The number of rotatable bonds is 7. The molecule has 0 bridgehead atoms. The van der Waals surface area contributed by atoms with Gasteiger partial charge >= 0.3 is 18.1 Å². The van der Waals surface area contributed by atoms with Crippen LogP contribution in [-0.2, 0) is 30.3 Å². The van der Waals surface area contributed by atoms with E-state index in [1.54, 1.807) is 14.0 Å². The van der Waals surface area contributed by atoms with Crippen LogP contribution in [0.2, 0.25) is 0 Å². The van der Waals surface area contributed by atoms with Gasteiger partial charge in [-0.1, -0.05) is 66.7 Å². The van der Waals surface area contributed by atoms with Gasteiger partial charge in [0.2, 0.25) is 11.8 Å². The Morgan fingerprint density at radius 1 is 0.909 bits per heavy atom. The minimum Gasteiger partial charge on any atom is -0.497 e. The van der Waals surface area contributed by atoms with E-state index in [1.807, 2.05) is 78.9 Å². The molecule has 3 aromatic carbocycles. The monoisotopic (exact) mass is 612 g/mol. The van der Waals surface area contributed by atoms with Gasteiger partial charge in [0.25, 0.3) is 0 Å². The molecule has 2 aliphatic rings.